The summed E-state index contributed by atoms with van der Waals surface area (Å²) >= 11 is 0. The molecule has 0 bridgehead atoms. The van der Waals surface area contributed by atoms with Crippen molar-refractivity contribution in [3.05, 3.63) is 60.4 Å². The first-order valence-electron chi connectivity index (χ1n) is 8.53. The van der Waals surface area contributed by atoms with E-state index in [-0.39, 0.29) is 24.7 Å². The number of nitrogens with one attached hydrogen (secondary N) is 1. The molecule has 3 aromatic rings. The summed E-state index contributed by atoms with van der Waals surface area (Å²) in [5, 5.41) is 2.72. The van der Waals surface area contributed by atoms with Gasteiger partial charge in [0.2, 0.25) is 5.91 Å². The number of anilines is 2. The summed E-state index contributed by atoms with van der Waals surface area (Å²) in [4.78, 5) is 35.8. The molecule has 28 heavy (non-hydrogen) atoms. The van der Waals surface area contributed by atoms with Gasteiger partial charge in [-0.2, -0.15) is 0 Å². The highest BCUT2D eigenvalue weighted by molar-refractivity contribution is 5.99. The van der Waals surface area contributed by atoms with Crippen molar-refractivity contribution < 1.29 is 18.4 Å². The van der Waals surface area contributed by atoms with Gasteiger partial charge in [-0.15, -0.1) is 0 Å². The number of halogens is 2. The summed E-state index contributed by atoms with van der Waals surface area (Å²) in [6, 6.07) is 7.96. The van der Waals surface area contributed by atoms with Gasteiger partial charge < -0.3 is 10.2 Å². The van der Waals surface area contributed by atoms with Gasteiger partial charge in [-0.3, -0.25) is 19.7 Å². The molecule has 0 spiro atoms. The number of carbonyl (C=O) groups excluding carboxylic acids is 2. The van der Waals surface area contributed by atoms with Crippen LogP contribution in [0, 0.1) is 11.6 Å². The van der Waals surface area contributed by atoms with E-state index in [1.54, 1.807) is 30.6 Å². The van der Waals surface area contributed by atoms with Crippen LogP contribution in [0.25, 0.3) is 11.0 Å². The van der Waals surface area contributed by atoms with E-state index >= 15 is 0 Å². The van der Waals surface area contributed by atoms with Gasteiger partial charge in [0.1, 0.15) is 6.54 Å². The van der Waals surface area contributed by atoms with Crippen LogP contribution in [0.15, 0.2) is 48.8 Å². The third-order valence-corrected chi connectivity index (χ3v) is 4.40. The summed E-state index contributed by atoms with van der Waals surface area (Å²) in [5.74, 6) is -2.38. The molecule has 0 aliphatic carbocycles. The number of amides is 3. The van der Waals surface area contributed by atoms with Crippen LogP contribution in [-0.2, 0) is 4.79 Å². The highest BCUT2D eigenvalue weighted by atomic mass is 19.2. The van der Waals surface area contributed by atoms with Gasteiger partial charge >= 0.3 is 6.03 Å². The smallest absolute Gasteiger partial charge is 0.324 e. The first kappa shape index (κ1) is 17.8. The quantitative estimate of drug-likeness (QED) is 0.752. The SMILES string of the molecule is O=C(CN1CCN(c2ccc(F)c(F)c2)C1=O)Nc1ccc2nccnc2c1. The number of aromatic nitrogens is 2. The minimum Gasteiger partial charge on any atom is -0.324 e. The second-order valence-corrected chi connectivity index (χ2v) is 6.26. The fourth-order valence-electron chi connectivity index (χ4n) is 3.04. The standard InChI is InChI=1S/C19H15F2N5O2/c20-14-3-2-13(10-15(14)21)26-8-7-25(19(26)28)11-18(27)24-12-1-4-16-17(9-12)23-6-5-22-16/h1-6,9-10H,7-8,11H2,(H,24,27). The highest BCUT2D eigenvalue weighted by Gasteiger charge is 2.31. The van der Waals surface area contributed by atoms with Crippen LogP contribution < -0.4 is 10.2 Å². The van der Waals surface area contributed by atoms with E-state index in [9.17, 15) is 18.4 Å². The Morgan fingerprint density at radius 3 is 2.57 bits per heavy atom. The molecule has 1 saturated heterocycles. The third-order valence-electron chi connectivity index (χ3n) is 4.40. The van der Waals surface area contributed by atoms with E-state index in [1.807, 2.05) is 0 Å². The highest BCUT2D eigenvalue weighted by Crippen LogP contribution is 2.22. The Balaban J connectivity index is 1.41. The van der Waals surface area contributed by atoms with Crippen molar-refractivity contribution in [3.8, 4) is 0 Å². The zero-order valence-electron chi connectivity index (χ0n) is 14.6. The van der Waals surface area contributed by atoms with E-state index in [2.05, 4.69) is 15.3 Å². The Labute approximate surface area is 158 Å². The van der Waals surface area contributed by atoms with Crippen LogP contribution >= 0.6 is 0 Å². The van der Waals surface area contributed by atoms with E-state index in [0.29, 0.717) is 23.3 Å². The lowest BCUT2D eigenvalue weighted by Crippen LogP contribution is -2.37. The second-order valence-electron chi connectivity index (χ2n) is 6.26. The molecule has 0 radical (unpaired) electrons. The molecule has 7 nitrogen and oxygen atoms in total. The minimum absolute atomic E-state index is 0.155. The molecule has 1 aliphatic heterocycles. The van der Waals surface area contributed by atoms with Crippen LogP contribution in [0.5, 0.6) is 0 Å². The Kier molecular flexibility index (Phi) is 4.56. The molecule has 4 rings (SSSR count). The van der Waals surface area contributed by atoms with Gasteiger partial charge in [-0.1, -0.05) is 0 Å². The Morgan fingerprint density at radius 1 is 1.00 bits per heavy atom. The van der Waals surface area contributed by atoms with Crippen molar-refractivity contribution in [2.45, 2.75) is 0 Å². The lowest BCUT2D eigenvalue weighted by atomic mass is 10.2. The molecule has 0 atom stereocenters. The van der Waals surface area contributed by atoms with E-state index < -0.39 is 17.7 Å². The molecule has 142 valence electrons. The van der Waals surface area contributed by atoms with E-state index in [0.717, 1.165) is 12.1 Å². The Morgan fingerprint density at radius 2 is 1.79 bits per heavy atom. The number of urea groups is 1. The summed E-state index contributed by atoms with van der Waals surface area (Å²) in [6.45, 7) is 0.425. The number of nitrogens with zero attached hydrogens (tertiary/aromatic N) is 4. The number of hydrogen-bond donors (Lipinski definition) is 1. The van der Waals surface area contributed by atoms with Crippen LogP contribution in [0.2, 0.25) is 0 Å². The molecule has 2 aromatic carbocycles. The summed E-state index contributed by atoms with van der Waals surface area (Å²) < 4.78 is 26.5. The number of rotatable bonds is 4. The van der Waals surface area contributed by atoms with Crippen molar-refractivity contribution in [2.75, 3.05) is 29.9 Å². The fourth-order valence-corrected chi connectivity index (χ4v) is 3.04. The van der Waals surface area contributed by atoms with Gasteiger partial charge in [0, 0.05) is 42.9 Å². The number of fused-ring (bicyclic) bond motifs is 1. The molecule has 3 amide bonds. The zero-order valence-corrected chi connectivity index (χ0v) is 14.6. The van der Waals surface area contributed by atoms with Crippen molar-refractivity contribution in [3.63, 3.8) is 0 Å². The van der Waals surface area contributed by atoms with E-state index in [4.69, 9.17) is 0 Å². The van der Waals surface area contributed by atoms with Gasteiger partial charge in [0.15, 0.2) is 11.6 Å². The normalized spacial score (nSPS) is 14.0. The first-order chi connectivity index (χ1) is 13.5. The molecular formula is C19H15F2N5O2. The van der Waals surface area contributed by atoms with E-state index in [1.165, 1.54) is 15.9 Å². The number of benzene rings is 2. The predicted molar refractivity (Wildman–Crippen MR) is 98.8 cm³/mol. The lowest BCUT2D eigenvalue weighted by molar-refractivity contribution is -0.116. The topological polar surface area (TPSA) is 78.4 Å². The summed E-state index contributed by atoms with van der Waals surface area (Å²) in [7, 11) is 0. The maximum Gasteiger partial charge on any atom is 0.325 e. The Bertz CT molecular complexity index is 1080. The summed E-state index contributed by atoms with van der Waals surface area (Å²) in [6.07, 6.45) is 3.14. The van der Waals surface area contributed by atoms with Gasteiger partial charge in [0.25, 0.3) is 0 Å². The van der Waals surface area contributed by atoms with Crippen molar-refractivity contribution in [1.82, 2.24) is 14.9 Å². The Hall–Kier alpha value is -3.62. The number of hydrogen-bond acceptors (Lipinski definition) is 4. The van der Waals surface area contributed by atoms with Crippen LogP contribution in [0.4, 0.5) is 25.0 Å². The maximum absolute atomic E-state index is 13.4. The van der Waals surface area contributed by atoms with Gasteiger partial charge in [0.05, 0.1) is 11.0 Å². The first-order valence-corrected chi connectivity index (χ1v) is 8.53. The molecule has 1 N–H and O–H groups in total. The van der Waals surface area contributed by atoms with Crippen LogP contribution in [-0.4, -0.2) is 46.4 Å². The zero-order chi connectivity index (χ0) is 19.7. The van der Waals surface area contributed by atoms with Crippen LogP contribution in [0.3, 0.4) is 0 Å². The molecule has 1 aliphatic rings. The minimum atomic E-state index is -1.03. The van der Waals surface area contributed by atoms with Gasteiger partial charge in [-0.25, -0.2) is 13.6 Å². The molecule has 2 heterocycles. The van der Waals surface area contributed by atoms with Crippen molar-refractivity contribution in [2.24, 2.45) is 0 Å². The number of carbonyl (C=O) groups is 2. The summed E-state index contributed by atoms with van der Waals surface area (Å²) in [5.41, 5.74) is 2.14. The molecule has 1 aromatic heterocycles. The largest absolute Gasteiger partial charge is 0.325 e. The van der Waals surface area contributed by atoms with Gasteiger partial charge in [-0.05, 0) is 30.3 Å². The average Bonchev–Trinajstić information content (AvgIpc) is 3.04. The van der Waals surface area contributed by atoms with Crippen molar-refractivity contribution >= 4 is 34.3 Å². The molecular weight excluding hydrogens is 368 g/mol. The predicted octanol–water partition coefficient (Wildman–Crippen LogP) is 2.79. The fraction of sp³-hybridized carbons (Fsp3) is 0.158. The second kappa shape index (κ2) is 7.18. The molecule has 0 unspecified atom stereocenters. The molecule has 1 fully saturated rings. The van der Waals surface area contributed by atoms with Crippen LogP contribution in [0.1, 0.15) is 0 Å². The molecule has 9 heteroatoms. The third kappa shape index (κ3) is 3.46. The monoisotopic (exact) mass is 383 g/mol. The maximum atomic E-state index is 13.4. The van der Waals surface area contributed by atoms with Crippen molar-refractivity contribution in [1.29, 1.82) is 0 Å². The lowest BCUT2D eigenvalue weighted by Gasteiger charge is -2.18. The molecule has 0 saturated carbocycles. The average molecular weight is 383 g/mol.